The standard InChI is InChI=1S/C16H22ClFN2O/c1-20(10-13-14(17)8-5-9-15(13)18)11-16(21)19-12-6-3-2-4-7-12/h5,8-9,12H,2-4,6-7,10-11H2,1H3,(H,19,21). The molecule has 1 aliphatic rings. The lowest BCUT2D eigenvalue weighted by Crippen LogP contribution is -2.41. The summed E-state index contributed by atoms with van der Waals surface area (Å²) in [5, 5.41) is 3.46. The molecule has 0 saturated heterocycles. The number of amides is 1. The normalized spacial score (nSPS) is 16.2. The lowest BCUT2D eigenvalue weighted by molar-refractivity contribution is -0.123. The molecule has 0 atom stereocenters. The third kappa shape index (κ3) is 4.97. The van der Waals surface area contributed by atoms with Crippen LogP contribution in [0.25, 0.3) is 0 Å². The van der Waals surface area contributed by atoms with E-state index in [-0.39, 0.29) is 18.3 Å². The van der Waals surface area contributed by atoms with Crippen molar-refractivity contribution in [1.29, 1.82) is 0 Å². The number of carbonyl (C=O) groups excluding carboxylic acids is 1. The largest absolute Gasteiger partial charge is 0.352 e. The summed E-state index contributed by atoms with van der Waals surface area (Å²) in [5.74, 6) is -0.334. The number of nitrogens with zero attached hydrogens (tertiary/aromatic N) is 1. The molecule has 0 aliphatic heterocycles. The summed E-state index contributed by atoms with van der Waals surface area (Å²) in [6.45, 7) is 0.574. The van der Waals surface area contributed by atoms with Crippen LogP contribution in [0.2, 0.25) is 5.02 Å². The minimum atomic E-state index is -0.331. The number of hydrogen-bond donors (Lipinski definition) is 1. The minimum absolute atomic E-state index is 0.00291. The second-order valence-corrected chi connectivity index (χ2v) is 6.18. The van der Waals surface area contributed by atoms with Gasteiger partial charge in [0.15, 0.2) is 0 Å². The number of likely N-dealkylation sites (N-methyl/N-ethyl adjacent to an activating group) is 1. The zero-order valence-corrected chi connectivity index (χ0v) is 13.1. The Kier molecular flexibility index (Phi) is 6.00. The maximum Gasteiger partial charge on any atom is 0.234 e. The van der Waals surface area contributed by atoms with Gasteiger partial charge in [0.1, 0.15) is 5.82 Å². The van der Waals surface area contributed by atoms with Crippen LogP contribution in [0.15, 0.2) is 18.2 Å². The number of nitrogens with one attached hydrogen (secondary N) is 1. The average Bonchev–Trinajstić information content (AvgIpc) is 2.44. The monoisotopic (exact) mass is 312 g/mol. The molecule has 1 saturated carbocycles. The first kappa shape index (κ1) is 16.2. The molecule has 1 amide bonds. The van der Waals surface area contributed by atoms with E-state index in [2.05, 4.69) is 5.32 Å². The Morgan fingerprint density at radius 3 is 2.76 bits per heavy atom. The Morgan fingerprint density at radius 1 is 1.38 bits per heavy atom. The summed E-state index contributed by atoms with van der Waals surface area (Å²) in [6.07, 6.45) is 5.76. The zero-order valence-electron chi connectivity index (χ0n) is 12.4. The van der Waals surface area contributed by atoms with Gasteiger partial charge < -0.3 is 5.32 Å². The highest BCUT2D eigenvalue weighted by atomic mass is 35.5. The van der Waals surface area contributed by atoms with Crippen molar-refractivity contribution in [3.8, 4) is 0 Å². The van der Waals surface area contributed by atoms with Gasteiger partial charge in [0, 0.05) is 23.2 Å². The third-order valence-electron chi connectivity index (χ3n) is 3.87. The first-order chi connectivity index (χ1) is 10.1. The second-order valence-electron chi connectivity index (χ2n) is 5.77. The number of rotatable bonds is 5. The molecule has 2 rings (SSSR count). The predicted octanol–water partition coefficient (Wildman–Crippen LogP) is 3.36. The van der Waals surface area contributed by atoms with Gasteiger partial charge in [-0.1, -0.05) is 36.9 Å². The van der Waals surface area contributed by atoms with Gasteiger partial charge in [-0.3, -0.25) is 9.69 Å². The SMILES string of the molecule is CN(CC(=O)NC1CCCCC1)Cc1c(F)cccc1Cl. The fourth-order valence-corrected chi connectivity index (χ4v) is 3.00. The molecule has 1 fully saturated rings. The maximum absolute atomic E-state index is 13.7. The molecule has 0 radical (unpaired) electrons. The van der Waals surface area contributed by atoms with Crippen LogP contribution in [-0.4, -0.2) is 30.4 Å². The van der Waals surface area contributed by atoms with Crippen LogP contribution in [0.3, 0.4) is 0 Å². The summed E-state index contributed by atoms with van der Waals surface area (Å²) in [4.78, 5) is 13.8. The molecule has 1 aromatic carbocycles. The van der Waals surface area contributed by atoms with E-state index in [1.54, 1.807) is 24.1 Å². The Morgan fingerprint density at radius 2 is 2.10 bits per heavy atom. The molecular formula is C16H22ClFN2O. The fourth-order valence-electron chi connectivity index (χ4n) is 2.77. The molecule has 116 valence electrons. The molecule has 1 aromatic rings. The number of halogens is 2. The first-order valence-corrected chi connectivity index (χ1v) is 7.85. The number of benzene rings is 1. The van der Waals surface area contributed by atoms with Crippen LogP contribution in [0.1, 0.15) is 37.7 Å². The van der Waals surface area contributed by atoms with E-state index in [0.29, 0.717) is 23.2 Å². The number of carbonyl (C=O) groups is 1. The van der Waals surface area contributed by atoms with Crippen molar-refractivity contribution in [3.63, 3.8) is 0 Å². The lowest BCUT2D eigenvalue weighted by atomic mass is 9.95. The van der Waals surface area contributed by atoms with Gasteiger partial charge in [0.25, 0.3) is 0 Å². The van der Waals surface area contributed by atoms with E-state index in [4.69, 9.17) is 11.6 Å². The summed E-state index contributed by atoms with van der Waals surface area (Å²) in [5.41, 5.74) is 0.437. The molecule has 0 spiro atoms. The highest BCUT2D eigenvalue weighted by Gasteiger charge is 2.17. The maximum atomic E-state index is 13.7. The van der Waals surface area contributed by atoms with Crippen LogP contribution in [0, 0.1) is 5.82 Å². The molecule has 0 heterocycles. The van der Waals surface area contributed by atoms with E-state index in [1.807, 2.05) is 0 Å². The van der Waals surface area contributed by atoms with Gasteiger partial charge in [0.05, 0.1) is 6.54 Å². The van der Waals surface area contributed by atoms with Gasteiger partial charge in [-0.15, -0.1) is 0 Å². The van der Waals surface area contributed by atoms with E-state index < -0.39 is 0 Å². The summed E-state index contributed by atoms with van der Waals surface area (Å²) < 4.78 is 13.7. The van der Waals surface area contributed by atoms with Gasteiger partial charge in [0.2, 0.25) is 5.91 Å². The predicted molar refractivity (Wildman–Crippen MR) is 82.8 cm³/mol. The van der Waals surface area contributed by atoms with Crippen molar-refractivity contribution in [2.24, 2.45) is 0 Å². The van der Waals surface area contributed by atoms with Gasteiger partial charge in [-0.05, 0) is 32.0 Å². The molecule has 0 aromatic heterocycles. The second kappa shape index (κ2) is 7.76. The number of hydrogen-bond acceptors (Lipinski definition) is 2. The molecule has 1 N–H and O–H groups in total. The molecule has 0 unspecified atom stereocenters. The summed E-state index contributed by atoms with van der Waals surface area (Å²) in [7, 11) is 1.79. The Labute approximate surface area is 130 Å². The topological polar surface area (TPSA) is 32.3 Å². The molecule has 5 heteroatoms. The van der Waals surface area contributed by atoms with Crippen LogP contribution in [0.5, 0.6) is 0 Å². The molecular weight excluding hydrogens is 291 g/mol. The average molecular weight is 313 g/mol. The molecule has 21 heavy (non-hydrogen) atoms. The van der Waals surface area contributed by atoms with Crippen molar-refractivity contribution in [2.75, 3.05) is 13.6 Å². The third-order valence-corrected chi connectivity index (χ3v) is 4.23. The lowest BCUT2D eigenvalue weighted by Gasteiger charge is -2.24. The van der Waals surface area contributed by atoms with Gasteiger partial charge in [-0.2, -0.15) is 0 Å². The first-order valence-electron chi connectivity index (χ1n) is 7.47. The van der Waals surface area contributed by atoms with Gasteiger partial charge >= 0.3 is 0 Å². The van der Waals surface area contributed by atoms with Crippen molar-refractivity contribution < 1.29 is 9.18 Å². The van der Waals surface area contributed by atoms with E-state index in [1.165, 1.54) is 25.3 Å². The van der Waals surface area contributed by atoms with E-state index in [9.17, 15) is 9.18 Å². The van der Waals surface area contributed by atoms with Crippen LogP contribution in [-0.2, 0) is 11.3 Å². The molecule has 3 nitrogen and oxygen atoms in total. The van der Waals surface area contributed by atoms with Crippen molar-refractivity contribution >= 4 is 17.5 Å². The summed E-state index contributed by atoms with van der Waals surface area (Å²) in [6, 6.07) is 4.93. The van der Waals surface area contributed by atoms with Crippen molar-refractivity contribution in [1.82, 2.24) is 10.2 Å². The van der Waals surface area contributed by atoms with Crippen LogP contribution < -0.4 is 5.32 Å². The Balaban J connectivity index is 1.83. The molecule has 1 aliphatic carbocycles. The van der Waals surface area contributed by atoms with Gasteiger partial charge in [-0.25, -0.2) is 4.39 Å². The van der Waals surface area contributed by atoms with E-state index >= 15 is 0 Å². The quantitative estimate of drug-likeness (QED) is 0.904. The highest BCUT2D eigenvalue weighted by Crippen LogP contribution is 2.20. The smallest absolute Gasteiger partial charge is 0.234 e. The van der Waals surface area contributed by atoms with Crippen molar-refractivity contribution in [3.05, 3.63) is 34.6 Å². The minimum Gasteiger partial charge on any atom is -0.352 e. The Hall–Kier alpha value is -1.13. The molecule has 0 bridgehead atoms. The zero-order chi connectivity index (χ0) is 15.2. The van der Waals surface area contributed by atoms with Crippen molar-refractivity contribution in [2.45, 2.75) is 44.7 Å². The summed E-state index contributed by atoms with van der Waals surface area (Å²) >= 11 is 6.00. The highest BCUT2D eigenvalue weighted by molar-refractivity contribution is 6.31. The van der Waals surface area contributed by atoms with E-state index in [0.717, 1.165) is 12.8 Å². The van der Waals surface area contributed by atoms with Crippen LogP contribution in [0.4, 0.5) is 4.39 Å². The van der Waals surface area contributed by atoms with Crippen LogP contribution >= 0.6 is 11.6 Å². The Bertz CT molecular complexity index is 469. The fraction of sp³-hybridized carbons (Fsp3) is 0.562.